The van der Waals surface area contributed by atoms with Crippen LogP contribution in [0, 0.1) is 5.92 Å². The molecule has 0 atom stereocenters. The van der Waals surface area contributed by atoms with Gasteiger partial charge in [0.25, 0.3) is 5.91 Å². The molecule has 2 fully saturated rings. The van der Waals surface area contributed by atoms with Gasteiger partial charge in [-0.3, -0.25) is 14.5 Å². The molecule has 6 nitrogen and oxygen atoms in total. The highest BCUT2D eigenvalue weighted by Gasteiger charge is 2.52. The van der Waals surface area contributed by atoms with E-state index in [1.807, 2.05) is 44.2 Å². The van der Waals surface area contributed by atoms with E-state index in [9.17, 15) is 14.4 Å². The molecule has 1 aliphatic heterocycles. The van der Waals surface area contributed by atoms with Crippen LogP contribution in [0.2, 0.25) is 0 Å². The number of hydrogen-bond donors (Lipinski definition) is 1. The van der Waals surface area contributed by atoms with Crippen LogP contribution in [0.25, 0.3) is 0 Å². The summed E-state index contributed by atoms with van der Waals surface area (Å²) in [5.41, 5.74) is 0.224. The molecule has 0 unspecified atom stereocenters. The molecule has 1 saturated carbocycles. The normalized spacial score (nSPS) is 24.7. The molecule has 1 saturated heterocycles. The molecule has 6 heteroatoms. The van der Waals surface area contributed by atoms with Crippen molar-refractivity contribution in [3.05, 3.63) is 35.9 Å². The predicted molar refractivity (Wildman–Crippen MR) is 107 cm³/mol. The summed E-state index contributed by atoms with van der Waals surface area (Å²) < 4.78 is 0. The van der Waals surface area contributed by atoms with Gasteiger partial charge in [-0.25, -0.2) is 4.79 Å². The number of nitrogens with zero attached hydrogens (tertiary/aromatic N) is 2. The number of hydrogen-bond acceptors (Lipinski definition) is 3. The first-order valence-corrected chi connectivity index (χ1v) is 10.3. The van der Waals surface area contributed by atoms with Gasteiger partial charge in [0.2, 0.25) is 5.91 Å². The lowest BCUT2D eigenvalue weighted by molar-refractivity contribution is -0.141. The van der Waals surface area contributed by atoms with Crippen molar-refractivity contribution in [2.75, 3.05) is 6.54 Å². The zero-order chi connectivity index (χ0) is 20.3. The highest BCUT2D eigenvalue weighted by molar-refractivity contribution is 6.09. The van der Waals surface area contributed by atoms with Gasteiger partial charge in [0.05, 0.1) is 0 Å². The number of urea groups is 1. The molecule has 4 amide bonds. The van der Waals surface area contributed by atoms with Crippen LogP contribution in [-0.4, -0.2) is 45.8 Å². The molecular formula is C22H31N3O3. The molecule has 152 valence electrons. The van der Waals surface area contributed by atoms with Crippen LogP contribution < -0.4 is 5.32 Å². The summed E-state index contributed by atoms with van der Waals surface area (Å²) in [6, 6.07) is 9.29. The van der Waals surface area contributed by atoms with Gasteiger partial charge in [0.1, 0.15) is 12.1 Å². The zero-order valence-corrected chi connectivity index (χ0v) is 17.1. The Bertz CT molecular complexity index is 724. The van der Waals surface area contributed by atoms with E-state index >= 15 is 0 Å². The molecule has 0 aromatic heterocycles. The Morgan fingerprint density at radius 1 is 1.21 bits per heavy atom. The lowest BCUT2D eigenvalue weighted by Gasteiger charge is -2.34. The van der Waals surface area contributed by atoms with Gasteiger partial charge < -0.3 is 10.2 Å². The molecule has 1 aromatic carbocycles. The number of benzene rings is 1. The lowest BCUT2D eigenvalue weighted by atomic mass is 9.75. The van der Waals surface area contributed by atoms with Crippen molar-refractivity contribution in [3.8, 4) is 0 Å². The van der Waals surface area contributed by atoms with Gasteiger partial charge in [0, 0.05) is 12.6 Å². The van der Waals surface area contributed by atoms with Crippen molar-refractivity contribution in [2.24, 2.45) is 5.92 Å². The summed E-state index contributed by atoms with van der Waals surface area (Å²) in [5, 5.41) is 2.90. The smallest absolute Gasteiger partial charge is 0.325 e. The molecule has 1 heterocycles. The Labute approximate surface area is 167 Å². The Hall–Kier alpha value is -2.37. The fourth-order valence-corrected chi connectivity index (χ4v) is 4.30. The lowest BCUT2D eigenvalue weighted by Crippen LogP contribution is -2.50. The van der Waals surface area contributed by atoms with Crippen LogP contribution in [0.5, 0.6) is 0 Å². The van der Waals surface area contributed by atoms with Gasteiger partial charge in [0.15, 0.2) is 0 Å². The first-order chi connectivity index (χ1) is 13.4. The average molecular weight is 386 g/mol. The monoisotopic (exact) mass is 385 g/mol. The molecule has 1 aliphatic carbocycles. The molecule has 28 heavy (non-hydrogen) atoms. The third-order valence-corrected chi connectivity index (χ3v) is 6.21. The van der Waals surface area contributed by atoms with E-state index in [1.54, 1.807) is 4.90 Å². The fraction of sp³-hybridized carbons (Fsp3) is 0.591. The zero-order valence-electron chi connectivity index (χ0n) is 17.1. The van der Waals surface area contributed by atoms with E-state index in [4.69, 9.17) is 0 Å². The van der Waals surface area contributed by atoms with Crippen molar-refractivity contribution >= 4 is 17.8 Å². The SMILES string of the molecule is CCC1CCC2(CC1)NC(=O)N(CC(=O)N(Cc1ccccc1)C(C)C)C2=O. The Morgan fingerprint density at radius 3 is 2.43 bits per heavy atom. The van der Waals surface area contributed by atoms with Crippen molar-refractivity contribution < 1.29 is 14.4 Å². The van der Waals surface area contributed by atoms with Crippen molar-refractivity contribution in [2.45, 2.75) is 71.0 Å². The van der Waals surface area contributed by atoms with Crippen LogP contribution >= 0.6 is 0 Å². The largest absolute Gasteiger partial charge is 0.334 e. The number of carbonyl (C=O) groups is 3. The summed E-state index contributed by atoms with van der Waals surface area (Å²) >= 11 is 0. The number of carbonyl (C=O) groups excluding carboxylic acids is 3. The molecule has 0 radical (unpaired) electrons. The van der Waals surface area contributed by atoms with Crippen molar-refractivity contribution in [1.29, 1.82) is 0 Å². The third-order valence-electron chi connectivity index (χ3n) is 6.21. The minimum atomic E-state index is -0.800. The van der Waals surface area contributed by atoms with E-state index < -0.39 is 11.6 Å². The molecule has 3 rings (SSSR count). The van der Waals surface area contributed by atoms with E-state index in [2.05, 4.69) is 12.2 Å². The number of imide groups is 1. The maximum atomic E-state index is 13.0. The first kappa shape index (κ1) is 20.4. The topological polar surface area (TPSA) is 69.7 Å². The summed E-state index contributed by atoms with van der Waals surface area (Å²) in [7, 11) is 0. The van der Waals surface area contributed by atoms with E-state index in [-0.39, 0.29) is 24.4 Å². The van der Waals surface area contributed by atoms with Crippen LogP contribution in [-0.2, 0) is 16.1 Å². The highest BCUT2D eigenvalue weighted by atomic mass is 16.2. The quantitative estimate of drug-likeness (QED) is 0.764. The second kappa shape index (κ2) is 8.33. The minimum Gasteiger partial charge on any atom is -0.334 e. The van der Waals surface area contributed by atoms with Crippen LogP contribution in [0.3, 0.4) is 0 Å². The van der Waals surface area contributed by atoms with Crippen molar-refractivity contribution in [3.63, 3.8) is 0 Å². The third kappa shape index (κ3) is 4.05. The maximum Gasteiger partial charge on any atom is 0.325 e. The number of amides is 4. The van der Waals surface area contributed by atoms with Gasteiger partial charge in [-0.1, -0.05) is 43.7 Å². The Morgan fingerprint density at radius 2 is 1.86 bits per heavy atom. The Balaban J connectivity index is 1.68. The van der Waals surface area contributed by atoms with Gasteiger partial charge in [-0.2, -0.15) is 0 Å². The number of rotatable bonds is 6. The average Bonchev–Trinajstić information content (AvgIpc) is 2.91. The molecule has 2 aliphatic rings. The fourth-order valence-electron chi connectivity index (χ4n) is 4.30. The summed E-state index contributed by atoms with van der Waals surface area (Å²) in [6.45, 7) is 6.31. The van der Waals surface area contributed by atoms with E-state index in [0.29, 0.717) is 25.3 Å². The van der Waals surface area contributed by atoms with Gasteiger partial charge in [-0.15, -0.1) is 0 Å². The summed E-state index contributed by atoms with van der Waals surface area (Å²) in [6.07, 6.45) is 4.31. The molecule has 1 spiro atoms. The second-order valence-electron chi connectivity index (χ2n) is 8.36. The Kier molecular flexibility index (Phi) is 6.06. The molecule has 1 aromatic rings. The van der Waals surface area contributed by atoms with Gasteiger partial charge >= 0.3 is 6.03 Å². The minimum absolute atomic E-state index is 0.0255. The van der Waals surface area contributed by atoms with Crippen LogP contribution in [0.15, 0.2) is 30.3 Å². The predicted octanol–water partition coefficient (Wildman–Crippen LogP) is 3.31. The number of nitrogens with one attached hydrogen (secondary N) is 1. The van der Waals surface area contributed by atoms with Crippen LogP contribution in [0.4, 0.5) is 4.79 Å². The second-order valence-corrected chi connectivity index (χ2v) is 8.36. The molecular weight excluding hydrogens is 354 g/mol. The first-order valence-electron chi connectivity index (χ1n) is 10.3. The molecule has 0 bridgehead atoms. The molecule has 1 N–H and O–H groups in total. The highest BCUT2D eigenvalue weighted by Crippen LogP contribution is 2.37. The standard InChI is InChI=1S/C22H31N3O3/c1-4-17-10-12-22(13-11-17)20(27)25(21(28)23-22)15-19(26)24(16(2)3)14-18-8-6-5-7-9-18/h5-9,16-17H,4,10-15H2,1-3H3,(H,23,28). The summed E-state index contributed by atoms with van der Waals surface area (Å²) in [4.78, 5) is 41.4. The maximum absolute atomic E-state index is 13.0. The van der Waals surface area contributed by atoms with E-state index in [1.165, 1.54) is 0 Å². The van der Waals surface area contributed by atoms with Crippen LogP contribution in [0.1, 0.15) is 58.4 Å². The van der Waals surface area contributed by atoms with E-state index in [0.717, 1.165) is 29.7 Å². The van der Waals surface area contributed by atoms with Gasteiger partial charge in [-0.05, 0) is 51.0 Å². The summed E-state index contributed by atoms with van der Waals surface area (Å²) in [5.74, 6) is 0.179. The van der Waals surface area contributed by atoms with Crippen molar-refractivity contribution in [1.82, 2.24) is 15.1 Å².